The Bertz CT molecular complexity index is 480. The highest BCUT2D eigenvalue weighted by atomic mass is 79.9. The van der Waals surface area contributed by atoms with Gasteiger partial charge >= 0.3 is 0 Å². The van der Waals surface area contributed by atoms with E-state index in [1.54, 1.807) is 0 Å². The lowest BCUT2D eigenvalue weighted by Gasteiger charge is -2.27. The molecule has 5 heteroatoms. The van der Waals surface area contributed by atoms with Crippen molar-refractivity contribution in [1.29, 1.82) is 0 Å². The zero-order chi connectivity index (χ0) is 13.9. The van der Waals surface area contributed by atoms with Crippen molar-refractivity contribution in [2.24, 2.45) is 5.92 Å². The van der Waals surface area contributed by atoms with E-state index in [-0.39, 0.29) is 6.10 Å². The summed E-state index contributed by atoms with van der Waals surface area (Å²) in [5.41, 5.74) is 1.16. The van der Waals surface area contributed by atoms with Crippen molar-refractivity contribution in [3.05, 3.63) is 22.2 Å². The van der Waals surface area contributed by atoms with Gasteiger partial charge in [-0.3, -0.25) is 0 Å². The van der Waals surface area contributed by atoms with Gasteiger partial charge in [-0.2, -0.15) is 0 Å². The van der Waals surface area contributed by atoms with Gasteiger partial charge in [0, 0.05) is 13.1 Å². The van der Waals surface area contributed by atoms with Crippen molar-refractivity contribution >= 4 is 15.9 Å². The van der Waals surface area contributed by atoms with E-state index in [1.165, 1.54) is 6.42 Å². The first-order chi connectivity index (χ1) is 9.74. The molecule has 1 aliphatic carbocycles. The Morgan fingerprint density at radius 1 is 1.25 bits per heavy atom. The lowest BCUT2D eigenvalue weighted by atomic mass is 9.86. The van der Waals surface area contributed by atoms with Crippen LogP contribution in [0, 0.1) is 5.92 Å². The lowest BCUT2D eigenvalue weighted by molar-refractivity contribution is 0.0695. The molecule has 1 aromatic rings. The molecule has 1 saturated carbocycles. The van der Waals surface area contributed by atoms with Gasteiger partial charge in [-0.15, -0.1) is 0 Å². The second-order valence-corrected chi connectivity index (χ2v) is 6.41. The molecule has 0 aromatic heterocycles. The maximum Gasteiger partial charge on any atom is 0.231 e. The molecule has 1 fully saturated rings. The fourth-order valence-corrected chi connectivity index (χ4v) is 3.55. The van der Waals surface area contributed by atoms with E-state index in [1.807, 2.05) is 6.07 Å². The van der Waals surface area contributed by atoms with Crippen molar-refractivity contribution in [1.82, 2.24) is 5.32 Å². The number of hydrogen-bond donors (Lipinski definition) is 2. The Morgan fingerprint density at radius 3 is 2.95 bits per heavy atom. The number of halogens is 1. The van der Waals surface area contributed by atoms with Crippen molar-refractivity contribution in [2.75, 3.05) is 13.3 Å². The minimum absolute atomic E-state index is 0.139. The maximum absolute atomic E-state index is 9.95. The predicted molar refractivity (Wildman–Crippen MR) is 79.9 cm³/mol. The second kappa shape index (κ2) is 6.33. The number of benzene rings is 1. The Balaban J connectivity index is 1.55. The summed E-state index contributed by atoms with van der Waals surface area (Å²) in [6.07, 6.45) is 4.33. The number of aliphatic hydroxyl groups excluding tert-OH is 1. The lowest BCUT2D eigenvalue weighted by Crippen LogP contribution is -2.33. The zero-order valence-corrected chi connectivity index (χ0v) is 13.0. The smallest absolute Gasteiger partial charge is 0.231 e. The minimum atomic E-state index is -0.139. The minimum Gasteiger partial charge on any atom is -0.454 e. The predicted octanol–water partition coefficient (Wildman–Crippen LogP) is 2.82. The summed E-state index contributed by atoms with van der Waals surface area (Å²) in [5, 5.41) is 13.4. The Hall–Kier alpha value is -0.780. The normalized spacial score (nSPS) is 24.9. The summed E-state index contributed by atoms with van der Waals surface area (Å²) in [6.45, 7) is 1.94. The van der Waals surface area contributed by atoms with Crippen molar-refractivity contribution in [2.45, 2.75) is 38.3 Å². The molecule has 2 N–H and O–H groups in total. The van der Waals surface area contributed by atoms with Gasteiger partial charge in [0.15, 0.2) is 11.5 Å². The van der Waals surface area contributed by atoms with E-state index in [9.17, 15) is 5.11 Å². The van der Waals surface area contributed by atoms with Crippen LogP contribution in [0.5, 0.6) is 11.5 Å². The zero-order valence-electron chi connectivity index (χ0n) is 11.4. The average Bonchev–Trinajstić information content (AvgIpc) is 2.90. The number of aliphatic hydroxyl groups is 1. The Kier molecular flexibility index (Phi) is 4.48. The summed E-state index contributed by atoms with van der Waals surface area (Å²) in [7, 11) is 0. The van der Waals surface area contributed by atoms with Gasteiger partial charge < -0.3 is 19.9 Å². The third kappa shape index (κ3) is 3.10. The fraction of sp³-hybridized carbons (Fsp3) is 0.600. The molecule has 2 aliphatic rings. The first-order valence-electron chi connectivity index (χ1n) is 7.21. The van der Waals surface area contributed by atoms with Gasteiger partial charge in [0.2, 0.25) is 6.79 Å². The molecule has 1 aromatic carbocycles. The molecule has 2 atom stereocenters. The van der Waals surface area contributed by atoms with E-state index in [4.69, 9.17) is 9.47 Å². The van der Waals surface area contributed by atoms with Crippen LogP contribution in [0.25, 0.3) is 0 Å². The van der Waals surface area contributed by atoms with Gasteiger partial charge in [-0.1, -0.05) is 12.8 Å². The Labute approximate surface area is 127 Å². The SMILES string of the molecule is OC1CCCCC1CNCc1cc(Br)c2c(c1)OCO2. The van der Waals surface area contributed by atoms with Crippen LogP contribution < -0.4 is 14.8 Å². The maximum atomic E-state index is 9.95. The van der Waals surface area contributed by atoms with E-state index >= 15 is 0 Å². The molecule has 0 saturated heterocycles. The number of hydrogen-bond acceptors (Lipinski definition) is 4. The number of ether oxygens (including phenoxy) is 2. The highest BCUT2D eigenvalue weighted by molar-refractivity contribution is 9.10. The molecule has 0 radical (unpaired) electrons. The van der Waals surface area contributed by atoms with Crippen LogP contribution in [0.4, 0.5) is 0 Å². The fourth-order valence-electron chi connectivity index (χ4n) is 2.95. The molecular formula is C15H20BrNO3. The quantitative estimate of drug-likeness (QED) is 0.884. The monoisotopic (exact) mass is 341 g/mol. The second-order valence-electron chi connectivity index (χ2n) is 5.55. The van der Waals surface area contributed by atoms with Gasteiger partial charge in [-0.25, -0.2) is 0 Å². The molecule has 0 spiro atoms. The average molecular weight is 342 g/mol. The molecule has 3 rings (SSSR count). The summed E-state index contributed by atoms with van der Waals surface area (Å²) < 4.78 is 11.7. The highest BCUT2D eigenvalue weighted by Crippen LogP contribution is 2.39. The summed E-state index contributed by atoms with van der Waals surface area (Å²) >= 11 is 3.50. The molecule has 0 amide bonds. The number of nitrogens with one attached hydrogen (secondary N) is 1. The van der Waals surface area contributed by atoms with Crippen LogP contribution in [0.15, 0.2) is 16.6 Å². The molecular weight excluding hydrogens is 322 g/mol. The van der Waals surface area contributed by atoms with E-state index in [0.29, 0.717) is 12.7 Å². The van der Waals surface area contributed by atoms with Crippen LogP contribution >= 0.6 is 15.9 Å². The van der Waals surface area contributed by atoms with Crippen molar-refractivity contribution in [3.8, 4) is 11.5 Å². The highest BCUT2D eigenvalue weighted by Gasteiger charge is 2.22. The third-order valence-corrected chi connectivity index (χ3v) is 4.68. The van der Waals surface area contributed by atoms with Crippen LogP contribution in [-0.4, -0.2) is 24.5 Å². The van der Waals surface area contributed by atoms with E-state index in [0.717, 1.165) is 53.9 Å². The largest absolute Gasteiger partial charge is 0.454 e. The molecule has 1 heterocycles. The number of fused-ring (bicyclic) bond motifs is 1. The van der Waals surface area contributed by atoms with Crippen LogP contribution in [-0.2, 0) is 6.54 Å². The summed E-state index contributed by atoms with van der Waals surface area (Å²) in [4.78, 5) is 0. The standard InChI is InChI=1S/C15H20BrNO3/c16-12-5-10(6-14-15(12)20-9-19-14)7-17-8-11-3-1-2-4-13(11)18/h5-6,11,13,17-18H,1-4,7-9H2. The van der Waals surface area contributed by atoms with Gasteiger partial charge in [-0.05, 0) is 52.4 Å². The molecule has 2 unspecified atom stereocenters. The first kappa shape index (κ1) is 14.2. The number of rotatable bonds is 4. The molecule has 110 valence electrons. The topological polar surface area (TPSA) is 50.7 Å². The van der Waals surface area contributed by atoms with Gasteiger partial charge in [0.1, 0.15) is 0 Å². The molecule has 0 bridgehead atoms. The first-order valence-corrected chi connectivity index (χ1v) is 8.00. The third-order valence-electron chi connectivity index (χ3n) is 4.09. The van der Waals surface area contributed by atoms with Crippen molar-refractivity contribution < 1.29 is 14.6 Å². The molecule has 20 heavy (non-hydrogen) atoms. The molecule has 4 nitrogen and oxygen atoms in total. The van der Waals surface area contributed by atoms with Crippen LogP contribution in [0.2, 0.25) is 0 Å². The van der Waals surface area contributed by atoms with E-state index < -0.39 is 0 Å². The van der Waals surface area contributed by atoms with Gasteiger partial charge in [0.25, 0.3) is 0 Å². The van der Waals surface area contributed by atoms with Crippen LogP contribution in [0.3, 0.4) is 0 Å². The van der Waals surface area contributed by atoms with E-state index in [2.05, 4.69) is 27.3 Å². The Morgan fingerprint density at radius 2 is 2.10 bits per heavy atom. The van der Waals surface area contributed by atoms with Crippen molar-refractivity contribution in [3.63, 3.8) is 0 Å². The molecule has 1 aliphatic heterocycles. The summed E-state index contributed by atoms with van der Waals surface area (Å²) in [6, 6.07) is 4.06. The van der Waals surface area contributed by atoms with Gasteiger partial charge in [0.05, 0.1) is 10.6 Å². The van der Waals surface area contributed by atoms with Crippen LogP contribution in [0.1, 0.15) is 31.2 Å². The summed E-state index contributed by atoms with van der Waals surface area (Å²) in [5.74, 6) is 1.98.